The maximum atomic E-state index is 13.5. The highest BCUT2D eigenvalue weighted by atomic mass is 32.2. The van der Waals surface area contributed by atoms with Gasteiger partial charge in [0.15, 0.2) is 28.3 Å². The van der Waals surface area contributed by atoms with E-state index in [2.05, 4.69) is 10.3 Å². The van der Waals surface area contributed by atoms with Crippen LogP contribution in [0.15, 0.2) is 46.7 Å². The molecule has 1 N–H and O–H groups in total. The van der Waals surface area contributed by atoms with Gasteiger partial charge in [-0.3, -0.25) is 4.79 Å². The number of anilines is 1. The summed E-state index contributed by atoms with van der Waals surface area (Å²) in [6, 6.07) is 8.04. The van der Waals surface area contributed by atoms with Crippen molar-refractivity contribution in [3.63, 3.8) is 0 Å². The number of aromatic nitrogens is 1. The Morgan fingerprint density at radius 1 is 1.03 bits per heavy atom. The highest BCUT2D eigenvalue weighted by Gasteiger charge is 2.33. The number of thiazole rings is 1. The van der Waals surface area contributed by atoms with Gasteiger partial charge in [-0.1, -0.05) is 0 Å². The number of hydrogen-bond donors (Lipinski definition) is 1. The number of nitrogens with zero attached hydrogens (tertiary/aromatic N) is 2. The molecule has 8 nitrogen and oxygen atoms in total. The molecule has 5 rings (SSSR count). The summed E-state index contributed by atoms with van der Waals surface area (Å²) in [5.74, 6) is -1.64. The van der Waals surface area contributed by atoms with E-state index < -0.39 is 21.7 Å². The number of halogens is 2. The maximum absolute atomic E-state index is 13.5. The van der Waals surface area contributed by atoms with E-state index in [1.165, 1.54) is 33.8 Å². The van der Waals surface area contributed by atoms with Gasteiger partial charge < -0.3 is 14.8 Å². The molecule has 184 valence electrons. The Kier molecular flexibility index (Phi) is 6.43. The topological polar surface area (TPSA) is 97.8 Å². The molecular weight excluding hydrogens is 500 g/mol. The van der Waals surface area contributed by atoms with Crippen LogP contribution >= 0.6 is 11.3 Å². The minimum absolute atomic E-state index is 0.122. The molecule has 1 saturated heterocycles. The number of benzene rings is 2. The van der Waals surface area contributed by atoms with Crippen molar-refractivity contribution >= 4 is 32.4 Å². The third-order valence-corrected chi connectivity index (χ3v) is 8.58. The lowest BCUT2D eigenvalue weighted by atomic mass is 9.97. The SMILES string of the molecule is O=C(Nc1nc(-c2ccc(F)c(F)c2)cs1)C1CCN(S(=O)(=O)c2ccc3c(c2)OCCO3)CC1. The lowest BCUT2D eigenvalue weighted by Crippen LogP contribution is -2.41. The summed E-state index contributed by atoms with van der Waals surface area (Å²) >= 11 is 1.17. The number of ether oxygens (including phenoxy) is 2. The number of fused-ring (bicyclic) bond motifs is 1. The second-order valence-corrected chi connectivity index (χ2v) is 10.9. The predicted octanol–water partition coefficient (Wildman–Crippen LogP) is 3.90. The molecule has 0 radical (unpaired) electrons. The zero-order valence-corrected chi connectivity index (χ0v) is 20.0. The van der Waals surface area contributed by atoms with Crippen molar-refractivity contribution in [3.8, 4) is 22.8 Å². The van der Waals surface area contributed by atoms with E-state index in [4.69, 9.17) is 9.47 Å². The van der Waals surface area contributed by atoms with Crippen molar-refractivity contribution in [3.05, 3.63) is 53.4 Å². The smallest absolute Gasteiger partial charge is 0.243 e. The van der Waals surface area contributed by atoms with Crippen LogP contribution in [0.3, 0.4) is 0 Å². The highest BCUT2D eigenvalue weighted by molar-refractivity contribution is 7.89. The van der Waals surface area contributed by atoms with E-state index in [-0.39, 0.29) is 29.8 Å². The summed E-state index contributed by atoms with van der Waals surface area (Å²) in [6.07, 6.45) is 0.716. The third-order valence-electron chi connectivity index (χ3n) is 5.93. The molecule has 2 aliphatic heterocycles. The fourth-order valence-electron chi connectivity index (χ4n) is 4.02. The van der Waals surface area contributed by atoms with Crippen molar-refractivity contribution in [2.75, 3.05) is 31.6 Å². The van der Waals surface area contributed by atoms with Gasteiger partial charge in [0.05, 0.1) is 10.6 Å². The Labute approximate surface area is 204 Å². The summed E-state index contributed by atoms with van der Waals surface area (Å²) in [5.41, 5.74) is 0.822. The van der Waals surface area contributed by atoms with Gasteiger partial charge in [-0.2, -0.15) is 4.31 Å². The lowest BCUT2D eigenvalue weighted by Gasteiger charge is -2.30. The average Bonchev–Trinajstić information content (AvgIpc) is 3.34. The number of rotatable bonds is 5. The van der Waals surface area contributed by atoms with Crippen LogP contribution in [0.1, 0.15) is 12.8 Å². The quantitative estimate of drug-likeness (QED) is 0.547. The lowest BCUT2D eigenvalue weighted by molar-refractivity contribution is -0.120. The molecule has 35 heavy (non-hydrogen) atoms. The van der Waals surface area contributed by atoms with Crippen molar-refractivity contribution in [1.82, 2.24) is 9.29 Å². The first-order valence-corrected chi connectivity index (χ1v) is 13.2. The fraction of sp³-hybridized carbons (Fsp3) is 0.304. The van der Waals surface area contributed by atoms with Gasteiger partial charge in [0.25, 0.3) is 0 Å². The fourth-order valence-corrected chi connectivity index (χ4v) is 6.23. The van der Waals surface area contributed by atoms with E-state index in [1.54, 1.807) is 11.4 Å². The summed E-state index contributed by atoms with van der Waals surface area (Å²) in [4.78, 5) is 17.2. The minimum Gasteiger partial charge on any atom is -0.486 e. The molecule has 1 fully saturated rings. The Morgan fingerprint density at radius 3 is 2.51 bits per heavy atom. The van der Waals surface area contributed by atoms with Crippen LogP contribution in [0, 0.1) is 17.6 Å². The van der Waals surface area contributed by atoms with E-state index in [1.807, 2.05) is 0 Å². The van der Waals surface area contributed by atoms with Crippen LogP contribution in [0.5, 0.6) is 11.5 Å². The third kappa shape index (κ3) is 4.86. The Hall–Kier alpha value is -3.09. The normalized spacial score (nSPS) is 16.7. The van der Waals surface area contributed by atoms with E-state index in [0.29, 0.717) is 53.9 Å². The summed E-state index contributed by atoms with van der Waals surface area (Å²) in [6.45, 7) is 1.18. The van der Waals surface area contributed by atoms with E-state index in [0.717, 1.165) is 12.1 Å². The van der Waals surface area contributed by atoms with Gasteiger partial charge in [-0.05, 0) is 43.2 Å². The standard InChI is InChI=1S/C23H21F2N3O5S2/c24-17-3-1-15(11-18(17)25)19-13-34-23(26-19)27-22(29)14-5-7-28(8-6-14)35(30,31)16-2-4-20-21(12-16)33-10-9-32-20/h1-4,11-14H,5-10H2,(H,26,27,29). The predicted molar refractivity (Wildman–Crippen MR) is 125 cm³/mol. The highest BCUT2D eigenvalue weighted by Crippen LogP contribution is 2.34. The number of sulfonamides is 1. The molecule has 0 spiro atoms. The first-order valence-electron chi connectivity index (χ1n) is 10.9. The molecular formula is C23H21F2N3O5S2. The number of carbonyl (C=O) groups is 1. The van der Waals surface area contributed by atoms with Crippen molar-refractivity contribution in [1.29, 1.82) is 0 Å². The maximum Gasteiger partial charge on any atom is 0.243 e. The second kappa shape index (κ2) is 9.51. The van der Waals surface area contributed by atoms with Crippen molar-refractivity contribution in [2.24, 2.45) is 5.92 Å². The van der Waals surface area contributed by atoms with Crippen LogP contribution in [-0.4, -0.2) is 49.9 Å². The Morgan fingerprint density at radius 2 is 1.77 bits per heavy atom. The molecule has 0 bridgehead atoms. The number of nitrogens with one attached hydrogen (secondary N) is 1. The van der Waals surface area contributed by atoms with Crippen molar-refractivity contribution in [2.45, 2.75) is 17.7 Å². The molecule has 1 aromatic heterocycles. The molecule has 0 aliphatic carbocycles. The molecule has 0 unspecified atom stereocenters. The minimum atomic E-state index is -3.74. The van der Waals surface area contributed by atoms with Gasteiger partial charge in [0.2, 0.25) is 15.9 Å². The largest absolute Gasteiger partial charge is 0.486 e. The molecule has 3 heterocycles. The molecule has 0 saturated carbocycles. The first kappa shape index (κ1) is 23.6. The van der Waals surface area contributed by atoms with Crippen LogP contribution in [0.4, 0.5) is 13.9 Å². The zero-order valence-electron chi connectivity index (χ0n) is 18.4. The number of carbonyl (C=O) groups excluding carboxylic acids is 1. The molecule has 0 atom stereocenters. The van der Waals surface area contributed by atoms with Gasteiger partial charge in [-0.25, -0.2) is 22.2 Å². The zero-order chi connectivity index (χ0) is 24.6. The van der Waals surface area contributed by atoms with E-state index in [9.17, 15) is 22.0 Å². The van der Waals surface area contributed by atoms with Crippen LogP contribution < -0.4 is 14.8 Å². The van der Waals surface area contributed by atoms with Gasteiger partial charge >= 0.3 is 0 Å². The average molecular weight is 522 g/mol. The molecule has 2 aromatic carbocycles. The number of amides is 1. The molecule has 3 aromatic rings. The molecule has 1 amide bonds. The van der Waals surface area contributed by atoms with Gasteiger partial charge in [0, 0.05) is 36.0 Å². The molecule has 12 heteroatoms. The van der Waals surface area contributed by atoms with Gasteiger partial charge in [-0.15, -0.1) is 11.3 Å². The first-order chi connectivity index (χ1) is 16.8. The summed E-state index contributed by atoms with van der Waals surface area (Å²) < 4.78 is 65.2. The number of hydrogen-bond acceptors (Lipinski definition) is 7. The van der Waals surface area contributed by atoms with Crippen molar-refractivity contribution < 1.29 is 31.5 Å². The second-order valence-electron chi connectivity index (χ2n) is 8.14. The number of piperidine rings is 1. The summed E-state index contributed by atoms with van der Waals surface area (Å²) in [7, 11) is -3.74. The molecule has 2 aliphatic rings. The van der Waals surface area contributed by atoms with Gasteiger partial charge in [0.1, 0.15) is 13.2 Å². The monoisotopic (exact) mass is 521 g/mol. The Balaban J connectivity index is 1.20. The van der Waals surface area contributed by atoms with E-state index >= 15 is 0 Å². The van der Waals surface area contributed by atoms with Crippen LogP contribution in [0.2, 0.25) is 0 Å². The van der Waals surface area contributed by atoms with Crippen LogP contribution in [0.25, 0.3) is 11.3 Å². The Bertz CT molecular complexity index is 1370. The summed E-state index contributed by atoms with van der Waals surface area (Å²) in [5, 5.41) is 4.73. The van der Waals surface area contributed by atoms with Crippen LogP contribution in [-0.2, 0) is 14.8 Å².